The van der Waals surface area contributed by atoms with Crippen LogP contribution in [0.5, 0.6) is 0 Å². The van der Waals surface area contributed by atoms with Gasteiger partial charge in [0.05, 0.1) is 0 Å². The predicted octanol–water partition coefficient (Wildman–Crippen LogP) is 4.12. The minimum atomic E-state index is 0.565. The summed E-state index contributed by atoms with van der Waals surface area (Å²) in [4.78, 5) is 0. The number of aryl methyl sites for hydroxylation is 1. The van der Waals surface area contributed by atoms with Crippen molar-refractivity contribution >= 4 is 0 Å². The molecule has 1 saturated carbocycles. The number of rotatable bonds is 3. The minimum absolute atomic E-state index is 0.565. The quantitative estimate of drug-likeness (QED) is 0.561. The molecule has 1 aliphatic rings. The molecule has 0 atom stereocenters. The molecule has 0 bridgehead atoms. The third-order valence-electron chi connectivity index (χ3n) is 4.48. The van der Waals surface area contributed by atoms with Crippen LogP contribution in [-0.2, 0) is 32.9 Å². The molecule has 1 heterocycles. The average Bonchev–Trinajstić information content (AvgIpc) is 2.91. The van der Waals surface area contributed by atoms with Gasteiger partial charge in [0.25, 0.3) is 0 Å². The molecule has 0 radical (unpaired) electrons. The van der Waals surface area contributed by atoms with Gasteiger partial charge in [0.1, 0.15) is 0 Å². The van der Waals surface area contributed by atoms with Crippen LogP contribution in [0, 0.1) is 3.80 Å². The average molecular weight is 515 g/mol. The third kappa shape index (κ3) is 4.68. The summed E-state index contributed by atoms with van der Waals surface area (Å²) in [6.45, 7) is 0.894. The van der Waals surface area contributed by atoms with Gasteiger partial charge in [-0.1, -0.05) is 6.42 Å². The zero-order valence-corrected chi connectivity index (χ0v) is 16.8. The molecule has 134 valence electrons. The molecule has 1 aromatic heterocycles. The van der Waals surface area contributed by atoms with Gasteiger partial charge in [0.15, 0.2) is 0 Å². The maximum Gasteiger partial charge on any atom is 0.00388 e. The summed E-state index contributed by atoms with van der Waals surface area (Å²) >= 11 is 2.39. The summed E-state index contributed by atoms with van der Waals surface area (Å²) < 4.78 is 5.76. The summed E-state index contributed by atoms with van der Waals surface area (Å²) in [5, 5.41) is 0. The van der Waals surface area contributed by atoms with Crippen LogP contribution in [0.25, 0.3) is 11.3 Å². The first-order valence-electron chi connectivity index (χ1n) is 8.71. The Morgan fingerprint density at radius 1 is 1.00 bits per heavy atom. The van der Waals surface area contributed by atoms with Crippen LogP contribution >= 0.6 is 0 Å². The van der Waals surface area contributed by atoms with E-state index in [9.17, 15) is 0 Å². The van der Waals surface area contributed by atoms with Gasteiger partial charge in [-0.25, -0.2) is 0 Å². The molecule has 4 rings (SSSR count). The van der Waals surface area contributed by atoms with E-state index in [0.29, 0.717) is 6.04 Å². The molecule has 2 aromatic carbocycles. The zero-order chi connectivity index (χ0) is 17.6. The van der Waals surface area contributed by atoms with Crippen LogP contribution < -0.4 is 5.73 Å². The van der Waals surface area contributed by atoms with E-state index in [1.165, 1.54) is 39.9 Å². The van der Waals surface area contributed by atoms with Gasteiger partial charge in [-0.05, 0) is 12.8 Å². The van der Waals surface area contributed by atoms with E-state index in [-0.39, 0.29) is 0 Å². The first-order chi connectivity index (χ1) is 12.1. The number of benzene rings is 2. The van der Waals surface area contributed by atoms with E-state index in [0.717, 1.165) is 6.54 Å². The second-order valence-electron chi connectivity index (χ2n) is 6.50. The molecule has 25 heavy (non-hydrogen) atoms. The smallest absolute Gasteiger partial charge is 0.00388 e. The van der Waals surface area contributed by atoms with Crippen molar-refractivity contribution in [2.45, 2.75) is 31.8 Å². The zero-order valence-electron chi connectivity index (χ0n) is 14.5. The van der Waals surface area contributed by atoms with Crippen LogP contribution in [0.1, 0.15) is 24.8 Å². The molecular formula is C21H25N3Pt. The van der Waals surface area contributed by atoms with Gasteiger partial charge < -0.3 is 5.73 Å². The van der Waals surface area contributed by atoms with Crippen LogP contribution in [0.2, 0.25) is 0 Å². The van der Waals surface area contributed by atoms with Gasteiger partial charge in [-0.3, -0.25) is 0 Å². The largest absolute Gasteiger partial charge is 0.328 e. The molecular weight excluding hydrogens is 489 g/mol. The van der Waals surface area contributed by atoms with Crippen LogP contribution in [0.4, 0.5) is 0 Å². The standard InChI is InChI=1S/C17H16N2.C4H9N.Pt/c1-18-13-17(16-10-6-3-7-11-16)19(14-18)12-15-8-4-2-5-9-15;5-4-2-1-3-4;/h2-11,13H,12H2,1H3;4H,1-3,5H2;. The Hall–Kier alpha value is -1.70. The molecule has 1 aliphatic carbocycles. The van der Waals surface area contributed by atoms with Gasteiger partial charge in [-0.2, -0.15) is 0 Å². The number of imidazole rings is 1. The molecule has 4 heteroatoms. The Morgan fingerprint density at radius 3 is 2.08 bits per heavy atom. The monoisotopic (exact) mass is 514 g/mol. The molecule has 3 nitrogen and oxygen atoms in total. The fraction of sp³-hybridized carbons (Fsp3) is 0.286. The van der Waals surface area contributed by atoms with Crippen molar-refractivity contribution in [1.82, 2.24) is 9.13 Å². The second-order valence-corrected chi connectivity index (χ2v) is 7.51. The van der Waals surface area contributed by atoms with Crippen molar-refractivity contribution in [1.29, 1.82) is 0 Å². The SMILES string of the molecule is Cn1cc(-c2ccccc2)n(Cc2ccccc2)[c]1=[Pt].NC1CCC1. The molecule has 3 aromatic rings. The molecule has 0 saturated heterocycles. The van der Waals surface area contributed by atoms with Crippen molar-refractivity contribution in [3.05, 3.63) is 76.2 Å². The molecule has 0 amide bonds. The van der Waals surface area contributed by atoms with Gasteiger partial charge in [-0.15, -0.1) is 0 Å². The maximum atomic E-state index is 5.38. The molecule has 0 unspecified atom stereocenters. The van der Waals surface area contributed by atoms with Crippen molar-refractivity contribution in [2.24, 2.45) is 12.8 Å². The fourth-order valence-corrected chi connectivity index (χ4v) is 3.38. The van der Waals surface area contributed by atoms with E-state index < -0.39 is 0 Å². The van der Waals surface area contributed by atoms with E-state index in [1.54, 1.807) is 0 Å². The minimum Gasteiger partial charge on any atom is -0.328 e. The topological polar surface area (TPSA) is 35.9 Å². The number of aromatic nitrogens is 2. The molecule has 2 N–H and O–H groups in total. The Kier molecular flexibility index (Phi) is 6.23. The summed E-state index contributed by atoms with van der Waals surface area (Å²) in [5.74, 6) is 0. The normalized spacial score (nSPS) is 13.8. The van der Waals surface area contributed by atoms with Crippen LogP contribution in [-0.4, -0.2) is 15.2 Å². The van der Waals surface area contributed by atoms with E-state index in [2.05, 4.69) is 102 Å². The first kappa shape index (κ1) is 18.1. The summed E-state index contributed by atoms with van der Waals surface area (Å²) in [7, 11) is 2.09. The van der Waals surface area contributed by atoms with Crippen LogP contribution in [0.15, 0.2) is 66.9 Å². The van der Waals surface area contributed by atoms with Crippen molar-refractivity contribution in [3.63, 3.8) is 0 Å². The third-order valence-corrected chi connectivity index (χ3v) is 5.90. The predicted molar refractivity (Wildman–Crippen MR) is 99.5 cm³/mol. The number of nitrogens with two attached hydrogens (primary N) is 1. The van der Waals surface area contributed by atoms with E-state index in [1.807, 2.05) is 0 Å². The van der Waals surface area contributed by atoms with Crippen molar-refractivity contribution < 1.29 is 19.4 Å². The number of nitrogens with zero attached hydrogens (tertiary/aromatic N) is 2. The Labute approximate surface area is 160 Å². The Bertz CT molecular complexity index is 846. The molecule has 0 aliphatic heterocycles. The summed E-state index contributed by atoms with van der Waals surface area (Å²) in [6, 6.07) is 21.7. The summed E-state index contributed by atoms with van der Waals surface area (Å²) in [6.07, 6.45) is 6.09. The van der Waals surface area contributed by atoms with Crippen molar-refractivity contribution in [2.75, 3.05) is 0 Å². The maximum absolute atomic E-state index is 5.38. The fourth-order valence-electron chi connectivity index (χ4n) is 2.78. The van der Waals surface area contributed by atoms with Crippen LogP contribution in [0.3, 0.4) is 0 Å². The van der Waals surface area contributed by atoms with Gasteiger partial charge in [0, 0.05) is 6.04 Å². The summed E-state index contributed by atoms with van der Waals surface area (Å²) in [5.41, 5.74) is 9.20. The number of hydrogen-bond donors (Lipinski definition) is 1. The Balaban J connectivity index is 0.000000314. The molecule has 1 fully saturated rings. The molecule has 0 spiro atoms. The van der Waals surface area contributed by atoms with Gasteiger partial charge >= 0.3 is 130 Å². The van der Waals surface area contributed by atoms with Crippen molar-refractivity contribution in [3.8, 4) is 11.3 Å². The van der Waals surface area contributed by atoms with E-state index in [4.69, 9.17) is 5.73 Å². The van der Waals surface area contributed by atoms with Gasteiger partial charge in [0.2, 0.25) is 0 Å². The number of hydrogen-bond acceptors (Lipinski definition) is 1. The van der Waals surface area contributed by atoms with E-state index >= 15 is 0 Å². The first-order valence-corrected chi connectivity index (χ1v) is 9.85. The Morgan fingerprint density at radius 2 is 1.56 bits per heavy atom. The second kappa shape index (κ2) is 8.60.